The average Bonchev–Trinajstić information content (AvgIpc) is 2.78. The molecule has 0 saturated carbocycles. The molecule has 0 fully saturated rings. The summed E-state index contributed by atoms with van der Waals surface area (Å²) < 4.78 is 0. The molecule has 2 nitrogen and oxygen atoms in total. The van der Waals surface area contributed by atoms with E-state index in [2.05, 4.69) is 18.8 Å². The third-order valence-corrected chi connectivity index (χ3v) is 2.26. The number of hydrogen-bond acceptors (Lipinski definition) is 1. The van der Waals surface area contributed by atoms with E-state index < -0.39 is 0 Å². The van der Waals surface area contributed by atoms with Crippen molar-refractivity contribution in [1.29, 1.82) is 0 Å². The van der Waals surface area contributed by atoms with Crippen molar-refractivity contribution in [2.75, 3.05) is 0 Å². The molecule has 1 aromatic heterocycles. The van der Waals surface area contributed by atoms with E-state index in [0.717, 1.165) is 10.9 Å². The molecule has 0 aliphatic rings. The standard InChI is InChI=1S/C11H11NO.C3H8.C2H6/c1-7-4-3-5-10-9(7)6-11(12-10)8(2)13;1-3-2;1-2/h3-6,12H,1-2H3;3H2,1-2H3;1-2H3. The molecule has 0 unspecified atom stereocenters. The lowest BCUT2D eigenvalue weighted by Gasteiger charge is -1.92. The molecule has 0 aliphatic heterocycles. The normalized spacial score (nSPS) is 9.00. The van der Waals surface area contributed by atoms with Crippen LogP contribution in [-0.4, -0.2) is 10.8 Å². The highest BCUT2D eigenvalue weighted by molar-refractivity contribution is 5.98. The lowest BCUT2D eigenvalue weighted by Crippen LogP contribution is -1.89. The number of fused-ring (bicyclic) bond motifs is 1. The Morgan fingerprint density at radius 2 is 1.78 bits per heavy atom. The molecule has 1 heterocycles. The van der Waals surface area contributed by atoms with Gasteiger partial charge < -0.3 is 4.98 Å². The molecular formula is C16H25NO. The van der Waals surface area contributed by atoms with Gasteiger partial charge in [-0.15, -0.1) is 0 Å². The van der Waals surface area contributed by atoms with E-state index in [0.29, 0.717) is 5.69 Å². The molecule has 0 saturated heterocycles. The minimum absolute atomic E-state index is 0.0793. The summed E-state index contributed by atoms with van der Waals surface area (Å²) in [7, 11) is 0. The van der Waals surface area contributed by atoms with Crippen molar-refractivity contribution in [3.63, 3.8) is 0 Å². The number of aromatic amines is 1. The van der Waals surface area contributed by atoms with Crippen molar-refractivity contribution in [3.05, 3.63) is 35.5 Å². The number of aromatic nitrogens is 1. The number of rotatable bonds is 1. The number of hydrogen-bond donors (Lipinski definition) is 1. The zero-order valence-electron chi connectivity index (χ0n) is 12.4. The van der Waals surface area contributed by atoms with Gasteiger partial charge in [0.2, 0.25) is 0 Å². The minimum Gasteiger partial charge on any atom is -0.352 e. The Kier molecular flexibility index (Phi) is 7.77. The van der Waals surface area contributed by atoms with E-state index in [-0.39, 0.29) is 5.78 Å². The Hall–Kier alpha value is -1.57. The molecule has 0 aliphatic carbocycles. The van der Waals surface area contributed by atoms with Crippen molar-refractivity contribution in [2.24, 2.45) is 0 Å². The molecule has 2 rings (SSSR count). The Balaban J connectivity index is 0.000000509. The van der Waals surface area contributed by atoms with E-state index in [1.54, 1.807) is 6.92 Å². The number of ketones is 1. The zero-order valence-corrected chi connectivity index (χ0v) is 12.4. The van der Waals surface area contributed by atoms with E-state index in [4.69, 9.17) is 0 Å². The number of benzene rings is 1. The summed E-state index contributed by atoms with van der Waals surface area (Å²) >= 11 is 0. The minimum atomic E-state index is 0.0793. The third-order valence-electron chi connectivity index (χ3n) is 2.26. The zero-order chi connectivity index (χ0) is 14.1. The first kappa shape index (κ1) is 16.4. The Bertz CT molecular complexity index is 483. The maximum Gasteiger partial charge on any atom is 0.175 e. The predicted molar refractivity (Wildman–Crippen MR) is 80.4 cm³/mol. The molecule has 100 valence electrons. The molecule has 18 heavy (non-hydrogen) atoms. The van der Waals surface area contributed by atoms with Crippen LogP contribution in [0.4, 0.5) is 0 Å². The van der Waals surface area contributed by atoms with Gasteiger partial charge in [-0.2, -0.15) is 0 Å². The molecule has 2 aromatic rings. The van der Waals surface area contributed by atoms with Gasteiger partial charge in [0.25, 0.3) is 0 Å². The van der Waals surface area contributed by atoms with Gasteiger partial charge in [0.1, 0.15) is 0 Å². The SMILES string of the molecule is CC.CC(=O)c1cc2c(C)cccc2[nH]1.CCC. The van der Waals surface area contributed by atoms with Crippen LogP contribution in [0.1, 0.15) is 57.1 Å². The Labute approximate surface area is 110 Å². The maximum absolute atomic E-state index is 11.1. The van der Waals surface area contributed by atoms with Crippen LogP contribution in [0, 0.1) is 6.92 Å². The van der Waals surface area contributed by atoms with Gasteiger partial charge in [-0.25, -0.2) is 0 Å². The Morgan fingerprint density at radius 1 is 1.22 bits per heavy atom. The highest BCUT2D eigenvalue weighted by Gasteiger charge is 2.05. The smallest absolute Gasteiger partial charge is 0.175 e. The number of H-pyrrole nitrogens is 1. The first-order valence-electron chi connectivity index (χ1n) is 6.69. The summed E-state index contributed by atoms with van der Waals surface area (Å²) in [4.78, 5) is 14.2. The largest absolute Gasteiger partial charge is 0.352 e. The third kappa shape index (κ3) is 4.36. The molecule has 0 bridgehead atoms. The number of nitrogens with one attached hydrogen (secondary N) is 1. The monoisotopic (exact) mass is 247 g/mol. The molecule has 1 N–H and O–H groups in total. The molecule has 0 atom stereocenters. The fourth-order valence-corrected chi connectivity index (χ4v) is 1.50. The topological polar surface area (TPSA) is 32.9 Å². The van der Waals surface area contributed by atoms with Crippen molar-refractivity contribution >= 4 is 16.7 Å². The van der Waals surface area contributed by atoms with Crippen molar-refractivity contribution in [3.8, 4) is 0 Å². The molecular weight excluding hydrogens is 222 g/mol. The number of Topliss-reactive ketones (excluding diaryl/α,β-unsaturated/α-hetero) is 1. The van der Waals surface area contributed by atoms with Crippen LogP contribution in [0.25, 0.3) is 10.9 Å². The summed E-state index contributed by atoms with van der Waals surface area (Å²) in [6.07, 6.45) is 1.25. The van der Waals surface area contributed by atoms with Crippen molar-refractivity contribution < 1.29 is 4.79 Å². The lowest BCUT2D eigenvalue weighted by molar-refractivity contribution is 0.101. The summed E-state index contributed by atoms with van der Waals surface area (Å²) in [5.41, 5.74) is 2.91. The van der Waals surface area contributed by atoms with Crippen LogP contribution in [0.2, 0.25) is 0 Å². The van der Waals surface area contributed by atoms with E-state index in [1.165, 1.54) is 12.0 Å². The van der Waals surface area contributed by atoms with Crippen LogP contribution < -0.4 is 0 Å². The molecule has 0 amide bonds. The quantitative estimate of drug-likeness (QED) is 0.697. The molecule has 1 aromatic carbocycles. The first-order valence-corrected chi connectivity index (χ1v) is 6.69. The van der Waals surface area contributed by atoms with Crippen LogP contribution in [-0.2, 0) is 0 Å². The van der Waals surface area contributed by atoms with E-state index >= 15 is 0 Å². The van der Waals surface area contributed by atoms with Crippen molar-refractivity contribution in [2.45, 2.75) is 48.0 Å². The number of aryl methyl sites for hydroxylation is 1. The molecule has 0 spiro atoms. The lowest BCUT2D eigenvalue weighted by atomic mass is 10.1. The van der Waals surface area contributed by atoms with Crippen LogP contribution >= 0.6 is 0 Å². The van der Waals surface area contributed by atoms with Gasteiger partial charge in [-0.05, 0) is 24.6 Å². The van der Waals surface area contributed by atoms with Crippen LogP contribution in [0.3, 0.4) is 0 Å². The second-order valence-electron chi connectivity index (χ2n) is 3.98. The summed E-state index contributed by atoms with van der Waals surface area (Å²) in [5.74, 6) is 0.0793. The van der Waals surface area contributed by atoms with Crippen molar-refractivity contribution in [1.82, 2.24) is 4.98 Å². The highest BCUT2D eigenvalue weighted by Crippen LogP contribution is 2.19. The maximum atomic E-state index is 11.1. The molecule has 0 radical (unpaired) electrons. The number of carbonyl (C=O) groups is 1. The fraction of sp³-hybridized carbons (Fsp3) is 0.438. The van der Waals surface area contributed by atoms with Gasteiger partial charge in [0.05, 0.1) is 5.69 Å². The van der Waals surface area contributed by atoms with Crippen LogP contribution in [0.5, 0.6) is 0 Å². The van der Waals surface area contributed by atoms with E-state index in [9.17, 15) is 4.79 Å². The summed E-state index contributed by atoms with van der Waals surface area (Å²) in [5, 5.41) is 1.13. The highest BCUT2D eigenvalue weighted by atomic mass is 16.1. The van der Waals surface area contributed by atoms with Gasteiger partial charge >= 0.3 is 0 Å². The predicted octanol–water partition coefficient (Wildman–Crippen LogP) is 5.12. The van der Waals surface area contributed by atoms with E-state index in [1.807, 2.05) is 45.0 Å². The van der Waals surface area contributed by atoms with Gasteiger partial charge in [0.15, 0.2) is 5.78 Å². The second-order valence-corrected chi connectivity index (χ2v) is 3.98. The molecule has 2 heteroatoms. The summed E-state index contributed by atoms with van der Waals surface area (Å²) in [6, 6.07) is 7.92. The summed E-state index contributed by atoms with van der Waals surface area (Å²) in [6.45, 7) is 11.9. The number of carbonyl (C=O) groups excluding carboxylic acids is 1. The van der Waals surface area contributed by atoms with Gasteiger partial charge in [-0.3, -0.25) is 4.79 Å². The van der Waals surface area contributed by atoms with Gasteiger partial charge in [-0.1, -0.05) is 46.2 Å². The second kappa shape index (κ2) is 8.51. The first-order chi connectivity index (χ1) is 8.60. The Morgan fingerprint density at radius 3 is 2.22 bits per heavy atom. The fourth-order valence-electron chi connectivity index (χ4n) is 1.50. The average molecular weight is 247 g/mol. The van der Waals surface area contributed by atoms with Crippen LogP contribution in [0.15, 0.2) is 24.3 Å². The van der Waals surface area contributed by atoms with Gasteiger partial charge in [0, 0.05) is 17.8 Å².